The Morgan fingerprint density at radius 1 is 1.04 bits per heavy atom. The van der Waals surface area contributed by atoms with Crippen molar-refractivity contribution in [2.45, 2.75) is 13.8 Å². The molecular formula is C14H17Cl2N4O2SnTi-. The van der Waals surface area contributed by atoms with E-state index in [0.29, 0.717) is 9.58 Å². The molecule has 0 bridgehead atoms. The molecule has 0 spiro atoms. The summed E-state index contributed by atoms with van der Waals surface area (Å²) < 4.78 is 0.420. The molecule has 6 nitrogen and oxygen atoms in total. The maximum atomic E-state index is 11.3. The third kappa shape index (κ3) is 8.98. The van der Waals surface area contributed by atoms with Crippen LogP contribution in [-0.2, 0) is 17.0 Å². The van der Waals surface area contributed by atoms with Gasteiger partial charge in [-0.1, -0.05) is 26.0 Å². The summed E-state index contributed by atoms with van der Waals surface area (Å²) >= 11 is -0.556. The zero-order chi connectivity index (χ0) is 17.7. The number of halogens is 2. The van der Waals surface area contributed by atoms with E-state index in [1.807, 2.05) is 44.2 Å². The molecule has 0 aliphatic heterocycles. The van der Waals surface area contributed by atoms with Crippen molar-refractivity contribution in [3.05, 3.63) is 65.0 Å². The van der Waals surface area contributed by atoms with E-state index < -0.39 is 17.0 Å². The van der Waals surface area contributed by atoms with E-state index in [1.165, 1.54) is 12.1 Å². The van der Waals surface area contributed by atoms with Crippen molar-refractivity contribution in [3.63, 3.8) is 0 Å². The number of nitrogens with zero attached hydrogens (tertiary/aromatic N) is 3. The molecule has 0 unspecified atom stereocenters. The van der Waals surface area contributed by atoms with Crippen LogP contribution in [0.4, 0.5) is 5.95 Å². The van der Waals surface area contributed by atoms with Gasteiger partial charge in [0.05, 0.1) is 0 Å². The molecule has 1 aromatic heterocycles. The molecule has 24 heavy (non-hydrogen) atoms. The summed E-state index contributed by atoms with van der Waals surface area (Å²) in [6.45, 7) is 4.00. The molecule has 128 valence electrons. The monoisotopic (exact) mass is 511 g/mol. The Labute approximate surface area is 174 Å². The minimum absolute atomic E-state index is 0. The van der Waals surface area contributed by atoms with Gasteiger partial charge in [0.25, 0.3) is 5.52 Å². The third-order valence-electron chi connectivity index (χ3n) is 2.26. The van der Waals surface area contributed by atoms with Gasteiger partial charge in [-0.2, -0.15) is 18.2 Å². The second-order valence-corrected chi connectivity index (χ2v) is 6.13. The SMILES string of the molecule is CC.Nc1n[n+]([O-])c2ccccc2[n+]1[O-].[Cl][Ti][Cl].[Sn].c1cc[cH-]c1. The van der Waals surface area contributed by atoms with E-state index in [1.54, 1.807) is 12.1 Å². The number of anilines is 1. The number of nitrogens with two attached hydrogens (primary N) is 1. The van der Waals surface area contributed by atoms with Crippen LogP contribution < -0.4 is 15.3 Å². The van der Waals surface area contributed by atoms with Crippen molar-refractivity contribution in [2.24, 2.45) is 0 Å². The van der Waals surface area contributed by atoms with Gasteiger partial charge in [-0.25, -0.2) is 16.9 Å². The van der Waals surface area contributed by atoms with Gasteiger partial charge in [-0.05, 0) is 6.07 Å². The quantitative estimate of drug-likeness (QED) is 0.218. The van der Waals surface area contributed by atoms with Crippen molar-refractivity contribution in [2.75, 3.05) is 5.73 Å². The van der Waals surface area contributed by atoms with Crippen LogP contribution in [-0.4, -0.2) is 29.0 Å². The van der Waals surface area contributed by atoms with Crippen LogP contribution >= 0.6 is 18.6 Å². The van der Waals surface area contributed by atoms with E-state index in [9.17, 15) is 10.4 Å². The molecule has 10 heteroatoms. The molecule has 0 atom stereocenters. The molecule has 0 saturated carbocycles. The number of rotatable bonds is 0. The summed E-state index contributed by atoms with van der Waals surface area (Å²) in [5.41, 5.74) is 5.62. The maximum absolute atomic E-state index is 11.3. The fourth-order valence-corrected chi connectivity index (χ4v) is 1.43. The van der Waals surface area contributed by atoms with Gasteiger partial charge in [-0.15, -0.1) is 0 Å². The first-order valence-electron chi connectivity index (χ1n) is 6.62. The van der Waals surface area contributed by atoms with E-state index in [0.717, 1.165) is 0 Å². The fraction of sp³-hybridized carbons (Fsp3) is 0.143. The standard InChI is InChI=1S/C7H6N4O2.C5H5.C2H6.2ClH.Sn.Ti/c8-7-9-11(13)6-4-2-1-3-5(6)10(7)12;1-2-4-5-3-1;1-2;;;;/h1-4H,(H2,8,9);1-5H;1-2H3;2*1H;;/q;-1;;;;;+2/p-2. The number of para-hydroxylation sites is 2. The summed E-state index contributed by atoms with van der Waals surface area (Å²) in [7, 11) is 9.78. The Balaban J connectivity index is 0. The van der Waals surface area contributed by atoms with Crippen LogP contribution in [0.2, 0.25) is 0 Å². The summed E-state index contributed by atoms with van der Waals surface area (Å²) in [6, 6.07) is 16.3. The molecule has 2 aromatic carbocycles. The van der Waals surface area contributed by atoms with E-state index in [-0.39, 0.29) is 40.9 Å². The second-order valence-electron chi connectivity index (χ2n) is 3.55. The van der Waals surface area contributed by atoms with Crippen molar-refractivity contribution >= 4 is 59.5 Å². The number of fused-ring (bicyclic) bond motifs is 1. The first kappa shape index (κ1) is 25.6. The minimum atomic E-state index is -0.556. The Morgan fingerprint density at radius 2 is 1.50 bits per heavy atom. The van der Waals surface area contributed by atoms with Gasteiger partial charge in [-0.3, -0.25) is 5.73 Å². The number of nitrogen functional groups attached to an aromatic ring is 1. The average molecular weight is 511 g/mol. The normalized spacial score (nSPS) is 8.17. The number of benzene rings is 1. The summed E-state index contributed by atoms with van der Waals surface area (Å²) in [5.74, 6) is -0.353. The van der Waals surface area contributed by atoms with Gasteiger partial charge < -0.3 is 10.4 Å². The molecule has 0 aliphatic carbocycles. The van der Waals surface area contributed by atoms with Gasteiger partial charge in [0, 0.05) is 34.8 Å². The molecule has 0 aliphatic rings. The molecule has 1 heterocycles. The molecule has 0 fully saturated rings. The molecule has 3 aromatic rings. The van der Waals surface area contributed by atoms with E-state index in [2.05, 4.69) is 5.10 Å². The van der Waals surface area contributed by atoms with Crippen LogP contribution in [0.25, 0.3) is 11.0 Å². The third-order valence-corrected chi connectivity index (χ3v) is 2.26. The summed E-state index contributed by atoms with van der Waals surface area (Å²) in [4.78, 5) is 0.332. The van der Waals surface area contributed by atoms with E-state index in [4.69, 9.17) is 24.3 Å². The molecule has 0 saturated heterocycles. The van der Waals surface area contributed by atoms with Gasteiger partial charge in [0.2, 0.25) is 5.10 Å². The number of hydrogen-bond donors (Lipinski definition) is 1. The molecule has 0 amide bonds. The van der Waals surface area contributed by atoms with Gasteiger partial charge >= 0.3 is 41.6 Å². The average Bonchev–Trinajstić information content (AvgIpc) is 3.15. The Morgan fingerprint density at radius 3 is 1.92 bits per heavy atom. The van der Waals surface area contributed by atoms with Crippen LogP contribution in [0.3, 0.4) is 0 Å². The molecule has 2 N–H and O–H groups in total. The number of hydrogen-bond acceptors (Lipinski definition) is 4. The Hall–Kier alpha value is -0.667. The first-order chi connectivity index (χ1) is 11.1. The predicted octanol–water partition coefficient (Wildman–Crippen LogP) is 2.51. The molecule has 4 radical (unpaired) electrons. The maximum Gasteiger partial charge on any atom is 0 e. The molecule has 3 rings (SSSR count). The van der Waals surface area contributed by atoms with Crippen molar-refractivity contribution in [3.8, 4) is 0 Å². The van der Waals surface area contributed by atoms with Gasteiger partial charge in [0.15, 0.2) is 5.52 Å². The van der Waals surface area contributed by atoms with Crippen molar-refractivity contribution in [1.82, 2.24) is 5.10 Å². The van der Waals surface area contributed by atoms with Crippen molar-refractivity contribution < 1.29 is 26.6 Å². The fourth-order valence-electron chi connectivity index (χ4n) is 1.43. The van der Waals surface area contributed by atoms with Crippen molar-refractivity contribution in [1.29, 1.82) is 0 Å². The van der Waals surface area contributed by atoms with Crippen LogP contribution in [0.5, 0.6) is 0 Å². The minimum Gasteiger partial charge on any atom is -0.214 e. The Bertz CT molecular complexity index is 658. The Kier molecular flexibility index (Phi) is 16.9. The van der Waals surface area contributed by atoms with Crippen LogP contribution in [0.1, 0.15) is 13.8 Å². The summed E-state index contributed by atoms with van der Waals surface area (Å²) in [5, 5.41) is 25.7. The predicted molar refractivity (Wildman–Crippen MR) is 94.9 cm³/mol. The largest absolute Gasteiger partial charge is 0.214 e. The van der Waals surface area contributed by atoms with E-state index >= 15 is 0 Å². The van der Waals surface area contributed by atoms with Crippen LogP contribution in [0, 0.1) is 10.4 Å². The zero-order valence-electron chi connectivity index (χ0n) is 13.2. The number of aromatic nitrogens is 3. The van der Waals surface area contributed by atoms with Crippen LogP contribution in [0.15, 0.2) is 54.6 Å². The zero-order valence-corrected chi connectivity index (χ0v) is 19.1. The topological polar surface area (TPSA) is 92.8 Å². The summed E-state index contributed by atoms with van der Waals surface area (Å²) in [6.07, 6.45) is 0. The van der Waals surface area contributed by atoms with Gasteiger partial charge in [0.1, 0.15) is 0 Å². The first-order valence-corrected chi connectivity index (χ1v) is 10.9. The molecular weight excluding hydrogens is 494 g/mol. The smallest absolute Gasteiger partial charge is 0 e. The second kappa shape index (κ2) is 15.8.